The molecule has 0 spiro atoms. The van der Waals surface area contributed by atoms with Crippen LogP contribution in [0.5, 0.6) is 0 Å². The summed E-state index contributed by atoms with van der Waals surface area (Å²) in [5.41, 5.74) is 2.29. The molecule has 3 rings (SSSR count). The van der Waals surface area contributed by atoms with Crippen molar-refractivity contribution in [3.63, 3.8) is 0 Å². The van der Waals surface area contributed by atoms with E-state index >= 15 is 0 Å². The molecule has 0 atom stereocenters. The number of aromatic nitrogens is 1. The lowest BCUT2D eigenvalue weighted by atomic mass is 10.1. The first kappa shape index (κ1) is 15.4. The van der Waals surface area contributed by atoms with E-state index in [9.17, 15) is 9.59 Å². The normalized spacial score (nSPS) is 15.8. The number of carbonyl (C=O) groups excluding carboxylic acids is 2. The summed E-state index contributed by atoms with van der Waals surface area (Å²) in [6, 6.07) is 7.96. The van der Waals surface area contributed by atoms with Gasteiger partial charge in [-0.2, -0.15) is 0 Å². The van der Waals surface area contributed by atoms with Gasteiger partial charge in [-0.3, -0.25) is 4.79 Å². The Morgan fingerprint density at radius 1 is 1.30 bits per heavy atom. The van der Waals surface area contributed by atoms with Crippen molar-refractivity contribution in [2.75, 3.05) is 33.2 Å². The van der Waals surface area contributed by atoms with Crippen molar-refractivity contribution in [2.45, 2.75) is 12.8 Å². The van der Waals surface area contributed by atoms with Gasteiger partial charge in [0, 0.05) is 43.8 Å². The molecule has 2 aromatic rings. The monoisotopic (exact) mass is 314 g/mol. The number of carbonyl (C=O) groups is 2. The molecule has 0 aliphatic carbocycles. The summed E-state index contributed by atoms with van der Waals surface area (Å²) in [5, 5.41) is 4.11. The minimum atomic E-state index is -0.159. The number of likely N-dealkylation sites (N-methyl/N-ethyl adjacent to an activating group) is 1. The third-order valence-corrected chi connectivity index (χ3v) is 4.31. The maximum atomic E-state index is 12.2. The van der Waals surface area contributed by atoms with Crippen LogP contribution in [-0.2, 0) is 11.2 Å². The number of rotatable bonds is 3. The van der Waals surface area contributed by atoms with Crippen molar-refractivity contribution in [3.8, 4) is 0 Å². The van der Waals surface area contributed by atoms with Crippen LogP contribution in [-0.4, -0.2) is 59.9 Å². The summed E-state index contributed by atoms with van der Waals surface area (Å²) in [7, 11) is 1.78. The summed E-state index contributed by atoms with van der Waals surface area (Å²) in [4.78, 5) is 30.6. The Balaban J connectivity index is 1.54. The van der Waals surface area contributed by atoms with E-state index in [1.54, 1.807) is 16.8 Å². The van der Waals surface area contributed by atoms with Gasteiger partial charge in [-0.25, -0.2) is 4.79 Å². The fraction of sp³-hybridized carbons (Fsp3) is 0.412. The number of fused-ring (bicyclic) bond motifs is 1. The first-order valence-electron chi connectivity index (χ1n) is 7.97. The number of para-hydroxylation sites is 1. The van der Waals surface area contributed by atoms with Gasteiger partial charge in [0.05, 0.1) is 0 Å². The SMILES string of the molecule is CN1CCCN(C(=O)NCCc2c[nH]c3ccccc23)CC1=O. The Morgan fingerprint density at radius 3 is 3.00 bits per heavy atom. The van der Waals surface area contributed by atoms with Crippen molar-refractivity contribution < 1.29 is 9.59 Å². The highest BCUT2D eigenvalue weighted by atomic mass is 16.2. The number of H-pyrrole nitrogens is 1. The van der Waals surface area contributed by atoms with E-state index < -0.39 is 0 Å². The van der Waals surface area contributed by atoms with Crippen molar-refractivity contribution in [3.05, 3.63) is 36.0 Å². The molecule has 1 saturated heterocycles. The number of nitrogens with one attached hydrogen (secondary N) is 2. The Kier molecular flexibility index (Phi) is 4.50. The molecule has 1 aromatic heterocycles. The van der Waals surface area contributed by atoms with Crippen molar-refractivity contribution in [1.29, 1.82) is 0 Å². The summed E-state index contributed by atoms with van der Waals surface area (Å²) < 4.78 is 0. The molecule has 3 amide bonds. The molecule has 2 N–H and O–H groups in total. The van der Waals surface area contributed by atoms with Crippen molar-refractivity contribution >= 4 is 22.8 Å². The third-order valence-electron chi connectivity index (χ3n) is 4.31. The average molecular weight is 314 g/mol. The molecule has 2 heterocycles. The van der Waals surface area contributed by atoms with Crippen LogP contribution in [0.1, 0.15) is 12.0 Å². The quantitative estimate of drug-likeness (QED) is 0.903. The highest BCUT2D eigenvalue weighted by Crippen LogP contribution is 2.17. The minimum Gasteiger partial charge on any atom is -0.361 e. The first-order valence-corrected chi connectivity index (χ1v) is 7.97. The van der Waals surface area contributed by atoms with E-state index in [1.165, 1.54) is 10.9 Å². The van der Waals surface area contributed by atoms with Gasteiger partial charge in [0.15, 0.2) is 0 Å². The second-order valence-corrected chi connectivity index (χ2v) is 5.93. The fourth-order valence-corrected chi connectivity index (χ4v) is 2.91. The lowest BCUT2D eigenvalue weighted by Crippen LogP contribution is -2.44. The predicted molar refractivity (Wildman–Crippen MR) is 89.2 cm³/mol. The maximum Gasteiger partial charge on any atom is 0.317 e. The Morgan fingerprint density at radius 2 is 2.13 bits per heavy atom. The molecule has 1 aliphatic rings. The van der Waals surface area contributed by atoms with E-state index in [1.807, 2.05) is 24.4 Å². The van der Waals surface area contributed by atoms with Gasteiger partial charge in [0.2, 0.25) is 5.91 Å². The average Bonchev–Trinajstić information content (AvgIpc) is 2.88. The van der Waals surface area contributed by atoms with Crippen molar-refractivity contribution in [2.24, 2.45) is 0 Å². The Labute approximate surface area is 135 Å². The van der Waals surface area contributed by atoms with Crippen LogP contribution in [0.25, 0.3) is 10.9 Å². The zero-order valence-electron chi connectivity index (χ0n) is 13.3. The summed E-state index contributed by atoms with van der Waals surface area (Å²) in [5.74, 6) is -0.00530. The fourth-order valence-electron chi connectivity index (χ4n) is 2.91. The molecule has 6 heteroatoms. The molecule has 0 saturated carbocycles. The summed E-state index contributed by atoms with van der Waals surface area (Å²) in [6.07, 6.45) is 3.57. The largest absolute Gasteiger partial charge is 0.361 e. The number of urea groups is 1. The third kappa shape index (κ3) is 3.47. The zero-order chi connectivity index (χ0) is 16.2. The van der Waals surface area contributed by atoms with Gasteiger partial charge < -0.3 is 20.1 Å². The maximum absolute atomic E-state index is 12.2. The van der Waals surface area contributed by atoms with Crippen LogP contribution in [0.15, 0.2) is 30.5 Å². The van der Waals surface area contributed by atoms with Gasteiger partial charge in [-0.05, 0) is 24.5 Å². The standard InChI is InChI=1S/C17H22N4O2/c1-20-9-4-10-21(12-16(20)22)17(23)18-8-7-13-11-19-15-6-3-2-5-14(13)15/h2-3,5-6,11,19H,4,7-10,12H2,1H3,(H,18,23). The highest BCUT2D eigenvalue weighted by molar-refractivity contribution is 5.85. The second-order valence-electron chi connectivity index (χ2n) is 5.93. The Bertz CT molecular complexity index is 709. The number of hydrogen-bond donors (Lipinski definition) is 2. The molecule has 23 heavy (non-hydrogen) atoms. The molecule has 0 bridgehead atoms. The number of nitrogens with zero attached hydrogens (tertiary/aromatic N) is 2. The van der Waals surface area contributed by atoms with Gasteiger partial charge >= 0.3 is 6.03 Å². The summed E-state index contributed by atoms with van der Waals surface area (Å²) >= 11 is 0. The van der Waals surface area contributed by atoms with Crippen LogP contribution in [0.4, 0.5) is 4.79 Å². The number of aromatic amines is 1. The molecule has 0 radical (unpaired) electrons. The van der Waals surface area contributed by atoms with Gasteiger partial charge in [-0.15, -0.1) is 0 Å². The minimum absolute atomic E-state index is 0.00530. The van der Waals surface area contributed by atoms with E-state index in [2.05, 4.69) is 16.4 Å². The smallest absolute Gasteiger partial charge is 0.317 e. The summed E-state index contributed by atoms with van der Waals surface area (Å²) in [6.45, 7) is 2.05. The second kappa shape index (κ2) is 6.73. The molecule has 1 fully saturated rings. The van der Waals surface area contributed by atoms with E-state index in [0.717, 1.165) is 18.4 Å². The number of hydrogen-bond acceptors (Lipinski definition) is 2. The van der Waals surface area contributed by atoms with E-state index in [-0.39, 0.29) is 18.5 Å². The lowest BCUT2D eigenvalue weighted by Gasteiger charge is -2.20. The van der Waals surface area contributed by atoms with E-state index in [0.29, 0.717) is 19.6 Å². The lowest BCUT2D eigenvalue weighted by molar-refractivity contribution is -0.129. The van der Waals surface area contributed by atoms with Crippen LogP contribution in [0.2, 0.25) is 0 Å². The van der Waals surface area contributed by atoms with Crippen LogP contribution in [0.3, 0.4) is 0 Å². The molecule has 6 nitrogen and oxygen atoms in total. The number of amides is 3. The molecule has 1 aliphatic heterocycles. The molecular formula is C17H22N4O2. The predicted octanol–water partition coefficient (Wildman–Crippen LogP) is 1.58. The first-order chi connectivity index (χ1) is 11.1. The van der Waals surface area contributed by atoms with Gasteiger partial charge in [0.1, 0.15) is 6.54 Å². The van der Waals surface area contributed by atoms with Crippen molar-refractivity contribution in [1.82, 2.24) is 20.1 Å². The topological polar surface area (TPSA) is 68.4 Å². The Hall–Kier alpha value is -2.50. The van der Waals surface area contributed by atoms with Gasteiger partial charge in [-0.1, -0.05) is 18.2 Å². The molecular weight excluding hydrogens is 292 g/mol. The van der Waals surface area contributed by atoms with Gasteiger partial charge in [0.25, 0.3) is 0 Å². The highest BCUT2D eigenvalue weighted by Gasteiger charge is 2.22. The molecule has 0 unspecified atom stereocenters. The zero-order valence-corrected chi connectivity index (χ0v) is 13.3. The molecule has 122 valence electrons. The number of benzene rings is 1. The van der Waals surface area contributed by atoms with Crippen LogP contribution >= 0.6 is 0 Å². The van der Waals surface area contributed by atoms with E-state index in [4.69, 9.17) is 0 Å². The van der Waals surface area contributed by atoms with Crippen LogP contribution < -0.4 is 5.32 Å². The molecule has 1 aromatic carbocycles. The van der Waals surface area contributed by atoms with Crippen LogP contribution in [0, 0.1) is 0 Å².